The third kappa shape index (κ3) is 3.89. The molecule has 6 heteroatoms. The van der Waals surface area contributed by atoms with Gasteiger partial charge in [-0.25, -0.2) is 0 Å². The molecule has 2 atom stereocenters. The second-order valence-corrected chi connectivity index (χ2v) is 8.68. The Balaban J connectivity index is 1.28. The third-order valence-corrected chi connectivity index (χ3v) is 6.61. The van der Waals surface area contributed by atoms with Gasteiger partial charge < -0.3 is 14.4 Å². The summed E-state index contributed by atoms with van der Waals surface area (Å²) in [6.07, 6.45) is 4.87. The molecule has 3 fully saturated rings. The van der Waals surface area contributed by atoms with E-state index in [1.54, 1.807) is 6.20 Å². The molecule has 154 valence electrons. The summed E-state index contributed by atoms with van der Waals surface area (Å²) in [4.78, 5) is 22.3. The van der Waals surface area contributed by atoms with Crippen molar-refractivity contribution in [2.24, 2.45) is 5.92 Å². The summed E-state index contributed by atoms with van der Waals surface area (Å²) < 4.78 is 11.8. The third-order valence-electron chi connectivity index (χ3n) is 6.61. The van der Waals surface area contributed by atoms with E-state index in [-0.39, 0.29) is 11.5 Å². The van der Waals surface area contributed by atoms with Gasteiger partial charge >= 0.3 is 0 Å². The number of hydrogen-bond acceptors (Lipinski definition) is 5. The maximum Gasteiger partial charge on any atom is 0.254 e. The van der Waals surface area contributed by atoms with Gasteiger partial charge in [0, 0.05) is 49.9 Å². The molecule has 1 spiro atoms. The highest BCUT2D eigenvalue weighted by atomic mass is 16.5. The van der Waals surface area contributed by atoms with Crippen LogP contribution < -0.4 is 0 Å². The molecule has 0 radical (unpaired) electrons. The van der Waals surface area contributed by atoms with Gasteiger partial charge in [0.05, 0.1) is 30.9 Å². The zero-order valence-electron chi connectivity index (χ0n) is 16.9. The van der Waals surface area contributed by atoms with E-state index in [0.717, 1.165) is 81.7 Å². The Bertz CT molecular complexity index is 877. The van der Waals surface area contributed by atoms with Crippen LogP contribution in [0.4, 0.5) is 0 Å². The Morgan fingerprint density at radius 2 is 2.07 bits per heavy atom. The average Bonchev–Trinajstić information content (AvgIpc) is 3.15. The molecule has 2 aromatic rings. The van der Waals surface area contributed by atoms with Gasteiger partial charge in [0.25, 0.3) is 5.91 Å². The van der Waals surface area contributed by atoms with Crippen molar-refractivity contribution in [1.29, 1.82) is 0 Å². The Morgan fingerprint density at radius 1 is 1.17 bits per heavy atom. The van der Waals surface area contributed by atoms with Gasteiger partial charge in [-0.1, -0.05) is 12.1 Å². The summed E-state index contributed by atoms with van der Waals surface area (Å²) in [6, 6.07) is 9.68. The van der Waals surface area contributed by atoms with E-state index in [4.69, 9.17) is 9.47 Å². The number of piperidine rings is 1. The number of ether oxygens (including phenoxy) is 2. The summed E-state index contributed by atoms with van der Waals surface area (Å²) in [6.45, 7) is 7.08. The molecule has 0 aliphatic carbocycles. The molecule has 3 saturated heterocycles. The molecule has 4 heterocycles. The second-order valence-electron chi connectivity index (χ2n) is 8.68. The zero-order valence-corrected chi connectivity index (χ0v) is 16.9. The molecule has 0 saturated carbocycles. The van der Waals surface area contributed by atoms with Crippen LogP contribution in [0.2, 0.25) is 0 Å². The minimum Gasteiger partial charge on any atom is -0.379 e. The molecule has 1 aromatic carbocycles. The van der Waals surface area contributed by atoms with E-state index >= 15 is 0 Å². The molecule has 1 amide bonds. The smallest absolute Gasteiger partial charge is 0.254 e. The molecule has 0 bridgehead atoms. The van der Waals surface area contributed by atoms with Crippen molar-refractivity contribution in [2.45, 2.75) is 24.9 Å². The van der Waals surface area contributed by atoms with E-state index in [1.807, 2.05) is 35.2 Å². The van der Waals surface area contributed by atoms with Gasteiger partial charge in [-0.2, -0.15) is 0 Å². The summed E-state index contributed by atoms with van der Waals surface area (Å²) >= 11 is 0. The van der Waals surface area contributed by atoms with Crippen LogP contribution in [-0.4, -0.2) is 78.8 Å². The van der Waals surface area contributed by atoms with Crippen LogP contribution in [-0.2, 0) is 9.47 Å². The van der Waals surface area contributed by atoms with Crippen molar-refractivity contribution in [3.05, 3.63) is 42.1 Å². The Kier molecular flexibility index (Phi) is 5.24. The summed E-state index contributed by atoms with van der Waals surface area (Å²) in [5.41, 5.74) is 1.44. The number of likely N-dealkylation sites (tertiary alicyclic amines) is 1. The molecule has 29 heavy (non-hydrogen) atoms. The molecule has 3 aliphatic heterocycles. The Morgan fingerprint density at radius 3 is 2.97 bits per heavy atom. The van der Waals surface area contributed by atoms with Crippen LogP contribution in [0.3, 0.4) is 0 Å². The number of morpholine rings is 1. The van der Waals surface area contributed by atoms with Gasteiger partial charge in [0.1, 0.15) is 0 Å². The van der Waals surface area contributed by atoms with Gasteiger partial charge in [-0.05, 0) is 43.4 Å². The second kappa shape index (κ2) is 8.01. The molecule has 1 aromatic heterocycles. The van der Waals surface area contributed by atoms with Crippen molar-refractivity contribution >= 4 is 16.8 Å². The largest absolute Gasteiger partial charge is 0.379 e. The summed E-state index contributed by atoms with van der Waals surface area (Å²) in [5, 5.41) is 0.928. The maximum atomic E-state index is 13.4. The van der Waals surface area contributed by atoms with Crippen LogP contribution in [0.15, 0.2) is 36.5 Å². The summed E-state index contributed by atoms with van der Waals surface area (Å²) in [5.74, 6) is 0.646. The van der Waals surface area contributed by atoms with Crippen molar-refractivity contribution in [3.8, 4) is 0 Å². The number of hydrogen-bond donors (Lipinski definition) is 0. The van der Waals surface area contributed by atoms with Gasteiger partial charge in [-0.3, -0.25) is 14.7 Å². The first-order chi connectivity index (χ1) is 14.2. The van der Waals surface area contributed by atoms with Crippen molar-refractivity contribution < 1.29 is 14.3 Å². The molecule has 0 unspecified atom stereocenters. The predicted octanol–water partition coefficient (Wildman–Crippen LogP) is 2.58. The fraction of sp³-hybridized carbons (Fsp3) is 0.565. The SMILES string of the molecule is O=C(c1cccc2ncccc12)N1CCC[C@]2(C[C@H](CN3CCOCC3)CO2)C1. The number of nitrogens with zero attached hydrogens (tertiary/aromatic N) is 3. The number of pyridine rings is 1. The molecular weight excluding hydrogens is 366 g/mol. The van der Waals surface area contributed by atoms with Gasteiger partial charge in [0.2, 0.25) is 0 Å². The number of amides is 1. The lowest BCUT2D eigenvalue weighted by atomic mass is 9.86. The van der Waals surface area contributed by atoms with Crippen LogP contribution in [0.25, 0.3) is 10.9 Å². The van der Waals surface area contributed by atoms with E-state index in [0.29, 0.717) is 12.5 Å². The maximum absolute atomic E-state index is 13.4. The van der Waals surface area contributed by atoms with Crippen LogP contribution in [0.1, 0.15) is 29.6 Å². The minimum absolute atomic E-state index is 0.0999. The quantitative estimate of drug-likeness (QED) is 0.800. The minimum atomic E-state index is -0.173. The highest BCUT2D eigenvalue weighted by Crippen LogP contribution is 2.38. The topological polar surface area (TPSA) is 54.9 Å². The van der Waals surface area contributed by atoms with Gasteiger partial charge in [0.15, 0.2) is 0 Å². The average molecular weight is 396 g/mol. The molecular formula is C23H29N3O3. The number of rotatable bonds is 3. The standard InChI is InChI=1S/C23H29N3O3/c27-22(20-4-1-6-21-19(20)5-2-8-24-21)26-9-3-7-23(17-26)14-18(16-29-23)15-25-10-12-28-13-11-25/h1-2,4-6,8,18H,3,7,9-17H2/t18-,23+/m1/s1. The number of carbonyl (C=O) groups is 1. The first kappa shape index (κ1) is 19.0. The Hall–Kier alpha value is -2.02. The number of benzene rings is 1. The molecule has 0 N–H and O–H groups in total. The lowest BCUT2D eigenvalue weighted by molar-refractivity contribution is -0.0451. The van der Waals surface area contributed by atoms with Crippen molar-refractivity contribution in [3.63, 3.8) is 0 Å². The monoisotopic (exact) mass is 395 g/mol. The number of carbonyl (C=O) groups excluding carboxylic acids is 1. The zero-order chi connectivity index (χ0) is 19.7. The van der Waals surface area contributed by atoms with Crippen molar-refractivity contribution in [1.82, 2.24) is 14.8 Å². The van der Waals surface area contributed by atoms with Gasteiger partial charge in [-0.15, -0.1) is 0 Å². The lowest BCUT2D eigenvalue weighted by Crippen LogP contribution is -2.50. The highest BCUT2D eigenvalue weighted by molar-refractivity contribution is 6.06. The van der Waals surface area contributed by atoms with E-state index in [1.165, 1.54) is 0 Å². The number of fused-ring (bicyclic) bond motifs is 1. The Labute approximate surface area is 171 Å². The molecule has 5 rings (SSSR count). The van der Waals surface area contributed by atoms with E-state index in [9.17, 15) is 4.79 Å². The lowest BCUT2D eigenvalue weighted by Gasteiger charge is -2.40. The fourth-order valence-corrected chi connectivity index (χ4v) is 5.22. The van der Waals surface area contributed by atoms with Crippen molar-refractivity contribution in [2.75, 3.05) is 52.5 Å². The first-order valence-corrected chi connectivity index (χ1v) is 10.8. The normalized spacial score (nSPS) is 28.3. The number of aromatic nitrogens is 1. The highest BCUT2D eigenvalue weighted by Gasteiger charge is 2.45. The van der Waals surface area contributed by atoms with E-state index < -0.39 is 0 Å². The first-order valence-electron chi connectivity index (χ1n) is 10.8. The summed E-state index contributed by atoms with van der Waals surface area (Å²) in [7, 11) is 0. The molecule has 3 aliphatic rings. The van der Waals surface area contributed by atoms with Crippen LogP contribution in [0.5, 0.6) is 0 Å². The van der Waals surface area contributed by atoms with E-state index in [2.05, 4.69) is 9.88 Å². The van der Waals surface area contributed by atoms with Crippen LogP contribution in [0, 0.1) is 5.92 Å². The predicted molar refractivity (Wildman–Crippen MR) is 111 cm³/mol. The van der Waals surface area contributed by atoms with Crippen LogP contribution >= 0.6 is 0 Å². The fourth-order valence-electron chi connectivity index (χ4n) is 5.22. The molecule has 6 nitrogen and oxygen atoms in total.